The van der Waals surface area contributed by atoms with Gasteiger partial charge in [0.1, 0.15) is 0 Å². The van der Waals surface area contributed by atoms with E-state index in [1.54, 1.807) is 12.1 Å². The van der Waals surface area contributed by atoms with Gasteiger partial charge in [0, 0.05) is 12.6 Å². The maximum atomic E-state index is 12.2. The Balaban J connectivity index is 3.01. The maximum absolute atomic E-state index is 12.2. The van der Waals surface area contributed by atoms with E-state index in [-0.39, 0.29) is 6.04 Å². The van der Waals surface area contributed by atoms with Gasteiger partial charge in [-0.05, 0) is 43.0 Å². The first kappa shape index (κ1) is 16.1. The van der Waals surface area contributed by atoms with Crippen LogP contribution in [-0.2, 0) is 23.0 Å². The summed E-state index contributed by atoms with van der Waals surface area (Å²) in [5.41, 5.74) is 7.67. The van der Waals surface area contributed by atoms with Crippen molar-refractivity contribution in [2.24, 2.45) is 5.73 Å². The van der Waals surface area contributed by atoms with Crippen molar-refractivity contribution in [1.29, 1.82) is 0 Å². The van der Waals surface area contributed by atoms with Gasteiger partial charge in [0.05, 0.1) is 4.90 Å². The second-order valence-corrected chi connectivity index (χ2v) is 6.51. The summed E-state index contributed by atoms with van der Waals surface area (Å²) in [5, 5.41) is 0. The van der Waals surface area contributed by atoms with Gasteiger partial charge in [0.2, 0.25) is 10.0 Å². The molecule has 1 aromatic rings. The Hall–Kier alpha value is -0.910. The maximum Gasteiger partial charge on any atom is 0.240 e. The number of aryl methyl sites for hydroxylation is 1. The highest BCUT2D eigenvalue weighted by Crippen LogP contribution is 2.17. The van der Waals surface area contributed by atoms with Crippen molar-refractivity contribution < 1.29 is 8.42 Å². The molecule has 0 aliphatic heterocycles. The highest BCUT2D eigenvalue weighted by Gasteiger charge is 2.17. The van der Waals surface area contributed by atoms with Crippen LogP contribution in [0.25, 0.3) is 0 Å². The highest BCUT2D eigenvalue weighted by molar-refractivity contribution is 7.89. The second-order valence-electron chi connectivity index (χ2n) is 4.80. The number of benzene rings is 1. The lowest BCUT2D eigenvalue weighted by Crippen LogP contribution is -2.32. The van der Waals surface area contributed by atoms with Crippen LogP contribution in [0.15, 0.2) is 23.1 Å². The van der Waals surface area contributed by atoms with Gasteiger partial charge in [0.25, 0.3) is 0 Å². The summed E-state index contributed by atoms with van der Waals surface area (Å²) < 4.78 is 27.2. The summed E-state index contributed by atoms with van der Waals surface area (Å²) >= 11 is 0. The predicted molar refractivity (Wildman–Crippen MR) is 78.4 cm³/mol. The van der Waals surface area contributed by atoms with E-state index in [1.165, 1.54) is 0 Å². The molecule has 0 fully saturated rings. The van der Waals surface area contributed by atoms with Gasteiger partial charge in [0.15, 0.2) is 0 Å². The van der Waals surface area contributed by atoms with Crippen molar-refractivity contribution in [3.05, 3.63) is 29.3 Å². The van der Waals surface area contributed by atoms with Crippen LogP contribution in [0.1, 0.15) is 44.7 Å². The monoisotopic (exact) mass is 284 g/mol. The zero-order chi connectivity index (χ0) is 14.5. The number of hydrogen-bond donors (Lipinski definition) is 2. The van der Waals surface area contributed by atoms with E-state index in [1.807, 2.05) is 26.8 Å². The lowest BCUT2D eigenvalue weighted by atomic mass is 10.1. The van der Waals surface area contributed by atoms with Crippen LogP contribution in [0.3, 0.4) is 0 Å². The highest BCUT2D eigenvalue weighted by atomic mass is 32.2. The Morgan fingerprint density at radius 2 is 1.95 bits per heavy atom. The number of sulfonamides is 1. The molecule has 1 aromatic carbocycles. The summed E-state index contributed by atoms with van der Waals surface area (Å²) in [7, 11) is -3.44. The predicted octanol–water partition coefficient (Wildman–Crippen LogP) is 2.17. The van der Waals surface area contributed by atoms with E-state index >= 15 is 0 Å². The van der Waals surface area contributed by atoms with E-state index in [4.69, 9.17) is 5.73 Å². The summed E-state index contributed by atoms with van der Waals surface area (Å²) in [6, 6.07) is 5.13. The minimum atomic E-state index is -3.44. The average molecular weight is 284 g/mol. The van der Waals surface area contributed by atoms with Crippen LogP contribution in [0.4, 0.5) is 0 Å². The van der Waals surface area contributed by atoms with Crippen LogP contribution in [0, 0.1) is 0 Å². The van der Waals surface area contributed by atoms with Crippen LogP contribution in [0.5, 0.6) is 0 Å². The molecule has 0 bridgehead atoms. The SMILES string of the molecule is CCCC(C)NS(=O)(=O)c1ccc(CC)c(CN)c1. The first-order chi connectivity index (χ1) is 8.94. The lowest BCUT2D eigenvalue weighted by molar-refractivity contribution is 0.544. The van der Waals surface area contributed by atoms with Crippen LogP contribution >= 0.6 is 0 Å². The molecule has 0 spiro atoms. The topological polar surface area (TPSA) is 72.2 Å². The normalized spacial score (nSPS) is 13.5. The van der Waals surface area contributed by atoms with E-state index < -0.39 is 10.0 Å². The van der Waals surface area contributed by atoms with Crippen LogP contribution in [-0.4, -0.2) is 14.5 Å². The molecule has 0 saturated carbocycles. The number of rotatable bonds is 7. The minimum Gasteiger partial charge on any atom is -0.326 e. The number of nitrogens with two attached hydrogens (primary N) is 1. The van der Waals surface area contributed by atoms with Gasteiger partial charge in [-0.1, -0.05) is 26.3 Å². The molecule has 1 atom stereocenters. The van der Waals surface area contributed by atoms with Gasteiger partial charge < -0.3 is 5.73 Å². The molecule has 5 heteroatoms. The van der Waals surface area contributed by atoms with E-state index in [2.05, 4.69) is 4.72 Å². The molecular formula is C14H24N2O2S. The first-order valence-corrected chi connectivity index (χ1v) is 8.27. The van der Waals surface area contributed by atoms with Crippen molar-refractivity contribution in [2.45, 2.75) is 57.5 Å². The van der Waals surface area contributed by atoms with Gasteiger partial charge >= 0.3 is 0 Å². The van der Waals surface area contributed by atoms with E-state index in [0.717, 1.165) is 30.4 Å². The van der Waals surface area contributed by atoms with Crippen LogP contribution in [0.2, 0.25) is 0 Å². The average Bonchev–Trinajstić information content (AvgIpc) is 2.37. The van der Waals surface area contributed by atoms with Crippen LogP contribution < -0.4 is 10.5 Å². The number of hydrogen-bond acceptors (Lipinski definition) is 3. The van der Waals surface area contributed by atoms with Crippen molar-refractivity contribution in [3.63, 3.8) is 0 Å². The van der Waals surface area contributed by atoms with Gasteiger partial charge in [-0.2, -0.15) is 0 Å². The molecule has 1 rings (SSSR count). The Labute approximate surface area is 116 Å². The molecule has 0 heterocycles. The molecular weight excluding hydrogens is 260 g/mol. The zero-order valence-corrected chi connectivity index (χ0v) is 12.8. The molecule has 0 aromatic heterocycles. The largest absolute Gasteiger partial charge is 0.326 e. The molecule has 0 radical (unpaired) electrons. The van der Waals surface area contributed by atoms with Crippen molar-refractivity contribution in [3.8, 4) is 0 Å². The van der Waals surface area contributed by atoms with Gasteiger partial charge in [-0.25, -0.2) is 13.1 Å². The van der Waals surface area contributed by atoms with E-state index in [9.17, 15) is 8.42 Å². The molecule has 0 aliphatic rings. The quantitative estimate of drug-likeness (QED) is 0.806. The fourth-order valence-electron chi connectivity index (χ4n) is 2.13. The molecule has 4 nitrogen and oxygen atoms in total. The van der Waals surface area contributed by atoms with Gasteiger partial charge in [-0.3, -0.25) is 0 Å². The molecule has 1 unspecified atom stereocenters. The molecule has 19 heavy (non-hydrogen) atoms. The fourth-order valence-corrected chi connectivity index (χ4v) is 3.46. The van der Waals surface area contributed by atoms with E-state index in [0.29, 0.717) is 11.4 Å². The first-order valence-electron chi connectivity index (χ1n) is 6.78. The third-order valence-electron chi connectivity index (χ3n) is 3.17. The summed E-state index contributed by atoms with van der Waals surface area (Å²) in [5.74, 6) is 0. The smallest absolute Gasteiger partial charge is 0.240 e. The number of nitrogens with one attached hydrogen (secondary N) is 1. The Morgan fingerprint density at radius 3 is 2.47 bits per heavy atom. The minimum absolute atomic E-state index is 0.0535. The fraction of sp³-hybridized carbons (Fsp3) is 0.571. The Bertz CT molecular complexity index is 512. The summed E-state index contributed by atoms with van der Waals surface area (Å²) in [4.78, 5) is 0.299. The third kappa shape index (κ3) is 4.30. The van der Waals surface area contributed by atoms with Crippen molar-refractivity contribution in [2.75, 3.05) is 0 Å². The molecule has 0 aliphatic carbocycles. The second kappa shape index (κ2) is 7.03. The Morgan fingerprint density at radius 1 is 1.26 bits per heavy atom. The molecule has 0 amide bonds. The molecule has 108 valence electrons. The van der Waals surface area contributed by atoms with Gasteiger partial charge in [-0.15, -0.1) is 0 Å². The van der Waals surface area contributed by atoms with Crippen molar-refractivity contribution in [1.82, 2.24) is 4.72 Å². The Kier molecular flexibility index (Phi) is 5.97. The summed E-state index contributed by atoms with van der Waals surface area (Å²) in [6.45, 7) is 6.31. The molecule has 0 saturated heterocycles. The van der Waals surface area contributed by atoms with Crippen molar-refractivity contribution >= 4 is 10.0 Å². The lowest BCUT2D eigenvalue weighted by Gasteiger charge is -2.14. The zero-order valence-electron chi connectivity index (χ0n) is 11.9. The molecule has 3 N–H and O–H groups in total. The summed E-state index contributed by atoms with van der Waals surface area (Å²) in [6.07, 6.45) is 2.63. The standard InChI is InChI=1S/C14H24N2O2S/c1-4-6-11(3)16-19(17,18)14-8-7-12(5-2)13(9-14)10-15/h7-9,11,16H,4-6,10,15H2,1-3H3. The third-order valence-corrected chi connectivity index (χ3v) is 4.75.